The van der Waals surface area contributed by atoms with Gasteiger partial charge in [0.05, 0.1) is 6.61 Å². The van der Waals surface area contributed by atoms with Crippen molar-refractivity contribution in [2.45, 2.75) is 71.7 Å². The SMILES string of the molecule is C=C(C)C(=O)OCCOCCCC(C)(C)[Si](C)(C)OC(C)C. The summed E-state index contributed by atoms with van der Waals surface area (Å²) in [5, 5.41) is 0.201. The molecular formula is C17H34O4Si. The van der Waals surface area contributed by atoms with Crippen LogP contribution in [0.15, 0.2) is 12.2 Å². The van der Waals surface area contributed by atoms with Crippen LogP contribution in [0.3, 0.4) is 0 Å². The highest BCUT2D eigenvalue weighted by molar-refractivity contribution is 6.74. The lowest BCUT2D eigenvalue weighted by molar-refractivity contribution is -0.140. The fourth-order valence-electron chi connectivity index (χ4n) is 2.08. The van der Waals surface area contributed by atoms with Gasteiger partial charge in [-0.15, -0.1) is 0 Å². The first-order valence-electron chi connectivity index (χ1n) is 8.08. The van der Waals surface area contributed by atoms with Crippen LogP contribution in [0.4, 0.5) is 0 Å². The van der Waals surface area contributed by atoms with E-state index < -0.39 is 8.32 Å². The lowest BCUT2D eigenvalue weighted by Gasteiger charge is -2.40. The summed E-state index contributed by atoms with van der Waals surface area (Å²) in [6, 6.07) is 0. The maximum Gasteiger partial charge on any atom is 0.333 e. The molecule has 0 saturated heterocycles. The molecule has 0 aromatic carbocycles. The number of carbonyl (C=O) groups excluding carboxylic acids is 1. The van der Waals surface area contributed by atoms with Crippen LogP contribution < -0.4 is 0 Å². The van der Waals surface area contributed by atoms with Gasteiger partial charge in [0.2, 0.25) is 0 Å². The Balaban J connectivity index is 3.90. The van der Waals surface area contributed by atoms with Crippen LogP contribution in [0, 0.1) is 0 Å². The van der Waals surface area contributed by atoms with E-state index in [0.29, 0.717) is 18.8 Å². The van der Waals surface area contributed by atoms with Crippen LogP contribution in [-0.2, 0) is 18.7 Å². The Bertz CT molecular complexity index is 362. The van der Waals surface area contributed by atoms with Crippen LogP contribution in [0.25, 0.3) is 0 Å². The monoisotopic (exact) mass is 330 g/mol. The highest BCUT2D eigenvalue weighted by Crippen LogP contribution is 2.42. The number of rotatable bonds is 11. The summed E-state index contributed by atoms with van der Waals surface area (Å²) in [5.41, 5.74) is 0.416. The van der Waals surface area contributed by atoms with E-state index in [2.05, 4.69) is 47.4 Å². The zero-order valence-electron chi connectivity index (χ0n) is 15.5. The molecule has 4 nitrogen and oxygen atoms in total. The molecule has 0 radical (unpaired) electrons. The van der Waals surface area contributed by atoms with Gasteiger partial charge in [0.25, 0.3) is 0 Å². The summed E-state index contributed by atoms with van der Waals surface area (Å²) in [6.07, 6.45) is 2.34. The lowest BCUT2D eigenvalue weighted by Crippen LogP contribution is -2.44. The fraction of sp³-hybridized carbons (Fsp3) is 0.824. The molecule has 130 valence electrons. The second-order valence-corrected chi connectivity index (χ2v) is 11.8. The summed E-state index contributed by atoms with van der Waals surface area (Å²) in [5.74, 6) is -0.358. The topological polar surface area (TPSA) is 44.8 Å². The number of ether oxygens (including phenoxy) is 2. The minimum atomic E-state index is -1.73. The van der Waals surface area contributed by atoms with Gasteiger partial charge < -0.3 is 13.9 Å². The third-order valence-electron chi connectivity index (χ3n) is 4.06. The standard InChI is InChI=1S/C17H34O4Si/c1-14(2)16(18)20-13-12-19-11-9-10-17(5,6)22(7,8)21-15(3)4/h15H,1,9-13H2,2-8H3. The van der Waals surface area contributed by atoms with Crippen molar-refractivity contribution < 1.29 is 18.7 Å². The van der Waals surface area contributed by atoms with Crippen molar-refractivity contribution in [3.8, 4) is 0 Å². The first kappa shape index (κ1) is 21.3. The van der Waals surface area contributed by atoms with Crippen molar-refractivity contribution in [3.63, 3.8) is 0 Å². The molecule has 0 aliphatic carbocycles. The Labute approximate surface area is 137 Å². The molecule has 0 aromatic rings. The van der Waals surface area contributed by atoms with Crippen molar-refractivity contribution in [1.29, 1.82) is 0 Å². The molecule has 0 amide bonds. The normalized spacial score (nSPS) is 12.5. The van der Waals surface area contributed by atoms with Crippen LogP contribution in [0.5, 0.6) is 0 Å². The van der Waals surface area contributed by atoms with E-state index in [4.69, 9.17) is 13.9 Å². The summed E-state index contributed by atoms with van der Waals surface area (Å²) in [7, 11) is -1.73. The number of carbonyl (C=O) groups is 1. The molecule has 0 rings (SSSR count). The molecule has 5 heteroatoms. The van der Waals surface area contributed by atoms with Crippen molar-refractivity contribution >= 4 is 14.3 Å². The number of hydrogen-bond donors (Lipinski definition) is 0. The third-order valence-corrected chi connectivity index (χ3v) is 8.63. The molecule has 0 spiro atoms. The second-order valence-electron chi connectivity index (χ2n) is 7.19. The van der Waals surface area contributed by atoms with Gasteiger partial charge in [0, 0.05) is 18.3 Å². The van der Waals surface area contributed by atoms with E-state index in [1.165, 1.54) is 0 Å². The van der Waals surface area contributed by atoms with Crippen LogP contribution in [-0.4, -0.2) is 40.2 Å². The Hall–Kier alpha value is -0.653. The second kappa shape index (κ2) is 9.48. The number of esters is 1. The van der Waals surface area contributed by atoms with Gasteiger partial charge in [0.1, 0.15) is 6.61 Å². The smallest absolute Gasteiger partial charge is 0.333 e. The first-order chi connectivity index (χ1) is 9.99. The zero-order valence-corrected chi connectivity index (χ0v) is 16.5. The van der Waals surface area contributed by atoms with E-state index in [1.807, 2.05) is 0 Å². The van der Waals surface area contributed by atoms with E-state index in [-0.39, 0.29) is 23.7 Å². The van der Waals surface area contributed by atoms with E-state index >= 15 is 0 Å². The Kier molecular flexibility index (Phi) is 9.20. The van der Waals surface area contributed by atoms with Gasteiger partial charge in [-0.3, -0.25) is 0 Å². The molecular weight excluding hydrogens is 296 g/mol. The molecule has 0 bridgehead atoms. The van der Waals surface area contributed by atoms with Crippen molar-refractivity contribution in [2.75, 3.05) is 19.8 Å². The summed E-state index contributed by atoms with van der Waals surface area (Å²) in [4.78, 5) is 11.2. The van der Waals surface area contributed by atoms with E-state index in [1.54, 1.807) is 6.92 Å². The molecule has 0 aliphatic rings. The zero-order chi connectivity index (χ0) is 17.4. The minimum Gasteiger partial charge on any atom is -0.460 e. The molecule has 0 saturated carbocycles. The maximum atomic E-state index is 11.2. The predicted molar refractivity (Wildman–Crippen MR) is 93.6 cm³/mol. The van der Waals surface area contributed by atoms with Crippen molar-refractivity contribution in [3.05, 3.63) is 12.2 Å². The lowest BCUT2D eigenvalue weighted by atomic mass is 10.1. The van der Waals surface area contributed by atoms with E-state index in [0.717, 1.165) is 12.8 Å². The highest BCUT2D eigenvalue weighted by atomic mass is 28.4. The van der Waals surface area contributed by atoms with Crippen molar-refractivity contribution in [2.24, 2.45) is 0 Å². The minimum absolute atomic E-state index is 0.201. The Morgan fingerprint density at radius 3 is 2.27 bits per heavy atom. The van der Waals surface area contributed by atoms with Crippen LogP contribution in [0.1, 0.15) is 47.5 Å². The molecule has 0 fully saturated rings. The van der Waals surface area contributed by atoms with Gasteiger partial charge in [0.15, 0.2) is 8.32 Å². The van der Waals surface area contributed by atoms with Gasteiger partial charge in [-0.25, -0.2) is 4.79 Å². The average molecular weight is 331 g/mol. The van der Waals surface area contributed by atoms with Gasteiger partial charge >= 0.3 is 5.97 Å². The molecule has 0 aliphatic heterocycles. The summed E-state index contributed by atoms with van der Waals surface area (Å²) < 4.78 is 16.7. The molecule has 0 heterocycles. The van der Waals surface area contributed by atoms with Crippen LogP contribution >= 0.6 is 0 Å². The molecule has 0 atom stereocenters. The largest absolute Gasteiger partial charge is 0.460 e. The average Bonchev–Trinajstić information content (AvgIpc) is 2.35. The predicted octanol–water partition coefficient (Wildman–Crippen LogP) is 4.31. The van der Waals surface area contributed by atoms with E-state index in [9.17, 15) is 4.79 Å². The Morgan fingerprint density at radius 2 is 1.77 bits per heavy atom. The van der Waals surface area contributed by atoms with Crippen LogP contribution in [0.2, 0.25) is 18.1 Å². The molecule has 0 N–H and O–H groups in total. The van der Waals surface area contributed by atoms with Gasteiger partial charge in [-0.05, 0) is 51.7 Å². The third kappa shape index (κ3) is 8.10. The maximum absolute atomic E-state index is 11.2. The Morgan fingerprint density at radius 1 is 1.18 bits per heavy atom. The number of hydrogen-bond acceptors (Lipinski definition) is 4. The molecule has 0 aromatic heterocycles. The fourth-order valence-corrected chi connectivity index (χ4v) is 4.36. The summed E-state index contributed by atoms with van der Waals surface area (Å²) in [6.45, 7) is 19.9. The van der Waals surface area contributed by atoms with Crippen molar-refractivity contribution in [1.82, 2.24) is 0 Å². The van der Waals surface area contributed by atoms with Gasteiger partial charge in [-0.2, -0.15) is 0 Å². The summed E-state index contributed by atoms with van der Waals surface area (Å²) >= 11 is 0. The quantitative estimate of drug-likeness (QED) is 0.245. The highest BCUT2D eigenvalue weighted by Gasteiger charge is 2.41. The molecule has 0 unspecified atom stereocenters. The molecule has 22 heavy (non-hydrogen) atoms. The first-order valence-corrected chi connectivity index (χ1v) is 11.0. The van der Waals surface area contributed by atoms with Gasteiger partial charge in [-0.1, -0.05) is 20.4 Å².